The van der Waals surface area contributed by atoms with Gasteiger partial charge in [0.25, 0.3) is 10.0 Å². The summed E-state index contributed by atoms with van der Waals surface area (Å²) in [5, 5.41) is 18.9. The Morgan fingerprint density at radius 1 is 0.976 bits per heavy atom. The van der Waals surface area contributed by atoms with Gasteiger partial charge in [-0.2, -0.15) is 4.98 Å². The SMILES string of the molecule is CCCCCc1nc(-c2ccc(S(=O)(=O)Nc3ccc(CCNCC(O)c4ccc5[nH]ccc5c4)cc3)cc2)no1. The quantitative estimate of drug-likeness (QED) is 0.127. The number of nitrogens with one attached hydrogen (secondary N) is 3. The average Bonchev–Trinajstić information content (AvgIpc) is 3.66. The highest BCUT2D eigenvalue weighted by molar-refractivity contribution is 7.92. The van der Waals surface area contributed by atoms with Gasteiger partial charge in [0.1, 0.15) is 0 Å². The monoisotopic (exact) mass is 573 g/mol. The highest BCUT2D eigenvalue weighted by Crippen LogP contribution is 2.22. The van der Waals surface area contributed by atoms with Gasteiger partial charge >= 0.3 is 0 Å². The largest absolute Gasteiger partial charge is 0.387 e. The third-order valence-corrected chi connectivity index (χ3v) is 8.38. The minimum atomic E-state index is -3.76. The van der Waals surface area contributed by atoms with Crippen molar-refractivity contribution in [2.45, 2.75) is 50.0 Å². The molecule has 5 aromatic rings. The molecular weight excluding hydrogens is 538 g/mol. The fourth-order valence-electron chi connectivity index (χ4n) is 4.60. The summed E-state index contributed by atoms with van der Waals surface area (Å²) >= 11 is 0. The Bertz CT molecular complexity index is 1660. The van der Waals surface area contributed by atoms with E-state index in [9.17, 15) is 13.5 Å². The van der Waals surface area contributed by atoms with Crippen molar-refractivity contribution in [2.75, 3.05) is 17.8 Å². The van der Waals surface area contributed by atoms with Gasteiger partial charge in [-0.05, 0) is 90.5 Å². The molecule has 0 aliphatic heterocycles. The van der Waals surface area contributed by atoms with Gasteiger partial charge in [0.05, 0.1) is 11.0 Å². The number of hydrogen-bond acceptors (Lipinski definition) is 7. The number of aryl methyl sites for hydroxylation is 1. The van der Waals surface area contributed by atoms with Crippen LogP contribution in [0, 0.1) is 0 Å². The van der Waals surface area contributed by atoms with E-state index in [1.54, 1.807) is 24.3 Å². The van der Waals surface area contributed by atoms with Crippen LogP contribution in [0.2, 0.25) is 0 Å². The summed E-state index contributed by atoms with van der Waals surface area (Å²) in [7, 11) is -3.76. The number of fused-ring (bicyclic) bond motifs is 1. The molecule has 1 unspecified atom stereocenters. The number of anilines is 1. The van der Waals surface area contributed by atoms with Crippen molar-refractivity contribution >= 4 is 26.6 Å². The van der Waals surface area contributed by atoms with Crippen LogP contribution in [-0.4, -0.2) is 41.7 Å². The third kappa shape index (κ3) is 7.40. The molecule has 0 fully saturated rings. The first-order chi connectivity index (χ1) is 19.9. The molecule has 2 aromatic heterocycles. The molecule has 3 aromatic carbocycles. The van der Waals surface area contributed by atoms with E-state index in [1.165, 1.54) is 12.1 Å². The van der Waals surface area contributed by atoms with Crippen LogP contribution in [0.4, 0.5) is 5.69 Å². The Balaban J connectivity index is 1.09. The summed E-state index contributed by atoms with van der Waals surface area (Å²) in [5.74, 6) is 1.04. The minimum absolute atomic E-state index is 0.149. The molecule has 0 spiro atoms. The van der Waals surface area contributed by atoms with Gasteiger partial charge in [-0.3, -0.25) is 4.72 Å². The Morgan fingerprint density at radius 2 is 1.78 bits per heavy atom. The molecule has 0 radical (unpaired) electrons. The zero-order chi connectivity index (χ0) is 28.7. The highest BCUT2D eigenvalue weighted by atomic mass is 32.2. The van der Waals surface area contributed by atoms with Crippen LogP contribution >= 0.6 is 0 Å². The number of aromatic amines is 1. The van der Waals surface area contributed by atoms with Gasteiger partial charge in [-0.25, -0.2) is 8.42 Å². The number of benzene rings is 3. The van der Waals surface area contributed by atoms with Crippen molar-refractivity contribution < 1.29 is 18.0 Å². The van der Waals surface area contributed by atoms with E-state index in [0.29, 0.717) is 36.1 Å². The first-order valence-electron chi connectivity index (χ1n) is 13.9. The highest BCUT2D eigenvalue weighted by Gasteiger charge is 2.16. The van der Waals surface area contributed by atoms with Gasteiger partial charge in [-0.1, -0.05) is 43.1 Å². The van der Waals surface area contributed by atoms with Crippen LogP contribution in [-0.2, 0) is 22.9 Å². The molecule has 4 N–H and O–H groups in total. The van der Waals surface area contributed by atoms with E-state index < -0.39 is 16.1 Å². The molecule has 0 saturated heterocycles. The van der Waals surface area contributed by atoms with Crippen molar-refractivity contribution in [2.24, 2.45) is 0 Å². The van der Waals surface area contributed by atoms with Gasteiger partial charge in [0.15, 0.2) is 0 Å². The molecule has 0 saturated carbocycles. The summed E-state index contributed by atoms with van der Waals surface area (Å²) < 4.78 is 33.8. The van der Waals surface area contributed by atoms with Gasteiger partial charge < -0.3 is 19.9 Å². The molecule has 10 heteroatoms. The topological polar surface area (TPSA) is 133 Å². The number of sulfonamides is 1. The number of aliphatic hydroxyl groups excluding tert-OH is 1. The lowest BCUT2D eigenvalue weighted by Gasteiger charge is -2.13. The van der Waals surface area contributed by atoms with E-state index >= 15 is 0 Å². The molecule has 41 heavy (non-hydrogen) atoms. The Kier molecular flexibility index (Phi) is 9.13. The van der Waals surface area contributed by atoms with Crippen LogP contribution in [0.25, 0.3) is 22.3 Å². The molecule has 9 nitrogen and oxygen atoms in total. The molecular formula is C31H35N5O4S. The van der Waals surface area contributed by atoms with Crippen LogP contribution in [0.15, 0.2) is 88.4 Å². The number of unbranched alkanes of at least 4 members (excludes halogenated alkanes) is 2. The van der Waals surface area contributed by atoms with Crippen LogP contribution in [0.5, 0.6) is 0 Å². The summed E-state index contributed by atoms with van der Waals surface area (Å²) in [6.07, 6.45) is 5.99. The number of H-pyrrole nitrogens is 1. The smallest absolute Gasteiger partial charge is 0.261 e. The molecule has 214 valence electrons. The number of aromatic nitrogens is 3. The van der Waals surface area contributed by atoms with Gasteiger partial charge in [0.2, 0.25) is 11.7 Å². The number of aliphatic hydroxyl groups is 1. The van der Waals surface area contributed by atoms with Gasteiger partial charge in [-0.15, -0.1) is 0 Å². The Labute approximate surface area is 240 Å². The summed E-state index contributed by atoms with van der Waals surface area (Å²) in [6, 6.07) is 21.6. The first kappa shape index (κ1) is 28.5. The zero-order valence-electron chi connectivity index (χ0n) is 23.0. The van der Waals surface area contributed by atoms with E-state index in [-0.39, 0.29) is 4.90 Å². The molecule has 5 rings (SSSR count). The van der Waals surface area contributed by atoms with Crippen molar-refractivity contribution in [3.63, 3.8) is 0 Å². The summed E-state index contributed by atoms with van der Waals surface area (Å²) in [4.78, 5) is 7.72. The van der Waals surface area contributed by atoms with Crippen molar-refractivity contribution in [1.29, 1.82) is 0 Å². The third-order valence-electron chi connectivity index (χ3n) is 6.98. The summed E-state index contributed by atoms with van der Waals surface area (Å²) in [6.45, 7) is 3.27. The minimum Gasteiger partial charge on any atom is -0.387 e. The lowest BCUT2D eigenvalue weighted by atomic mass is 10.1. The molecule has 0 aliphatic carbocycles. The van der Waals surface area contributed by atoms with Gasteiger partial charge in [0, 0.05) is 35.9 Å². The lowest BCUT2D eigenvalue weighted by Crippen LogP contribution is -2.23. The predicted octanol–water partition coefficient (Wildman–Crippen LogP) is 5.62. The first-order valence-corrected chi connectivity index (χ1v) is 15.4. The van der Waals surface area contributed by atoms with Crippen LogP contribution in [0.3, 0.4) is 0 Å². The van der Waals surface area contributed by atoms with E-state index in [4.69, 9.17) is 4.52 Å². The van der Waals surface area contributed by atoms with Crippen LogP contribution < -0.4 is 10.0 Å². The maximum atomic E-state index is 12.9. The van der Waals surface area contributed by atoms with Crippen molar-refractivity contribution in [1.82, 2.24) is 20.4 Å². The van der Waals surface area contributed by atoms with E-state index in [0.717, 1.165) is 54.1 Å². The fraction of sp³-hybridized carbons (Fsp3) is 0.290. The molecule has 0 aliphatic rings. The maximum Gasteiger partial charge on any atom is 0.261 e. The maximum absolute atomic E-state index is 12.9. The van der Waals surface area contributed by atoms with E-state index in [2.05, 4.69) is 32.1 Å². The standard InChI is InChI=1S/C31H35N5O4S/c1-2-3-4-5-30-34-31(35-40-30)23-8-13-27(14-9-23)41(38,39)36-26-11-6-22(7-12-26)16-18-32-21-29(37)25-10-15-28-24(20-25)17-19-33-28/h6-15,17,19-20,29,32-33,36-37H,2-5,16,18,21H2,1H3. The van der Waals surface area contributed by atoms with E-state index in [1.807, 2.05) is 42.6 Å². The second kappa shape index (κ2) is 13.1. The van der Waals surface area contributed by atoms with Crippen LogP contribution in [0.1, 0.15) is 49.3 Å². The Morgan fingerprint density at radius 3 is 2.56 bits per heavy atom. The number of rotatable bonds is 14. The predicted molar refractivity (Wildman–Crippen MR) is 160 cm³/mol. The van der Waals surface area contributed by atoms with Crippen molar-refractivity contribution in [3.05, 3.63) is 96.0 Å². The average molecular weight is 574 g/mol. The molecule has 0 amide bonds. The Hall–Kier alpha value is -3.99. The second-order valence-electron chi connectivity index (χ2n) is 10.1. The summed E-state index contributed by atoms with van der Waals surface area (Å²) in [5.41, 5.74) is 4.15. The molecule has 2 heterocycles. The lowest BCUT2D eigenvalue weighted by molar-refractivity contribution is 0.175. The molecule has 1 atom stereocenters. The molecule has 0 bridgehead atoms. The zero-order valence-corrected chi connectivity index (χ0v) is 23.8. The number of nitrogens with zero attached hydrogens (tertiary/aromatic N) is 2. The number of hydrogen-bond donors (Lipinski definition) is 4. The van der Waals surface area contributed by atoms with Crippen molar-refractivity contribution in [3.8, 4) is 11.4 Å². The second-order valence-corrected chi connectivity index (χ2v) is 11.8. The fourth-order valence-corrected chi connectivity index (χ4v) is 5.66. The normalized spacial score (nSPS) is 12.5.